The molecule has 4 nitrogen and oxygen atoms in total. The first-order valence-corrected chi connectivity index (χ1v) is 4.36. The maximum atomic E-state index is 4.04. The van der Waals surface area contributed by atoms with Crippen LogP contribution >= 0.6 is 0 Å². The number of nitrogens with zero attached hydrogens (tertiary/aromatic N) is 3. The summed E-state index contributed by atoms with van der Waals surface area (Å²) < 4.78 is 1.98. The zero-order valence-electron chi connectivity index (χ0n) is 8.41. The Morgan fingerprint density at radius 1 is 1.62 bits per heavy atom. The normalized spacial score (nSPS) is 12.8. The van der Waals surface area contributed by atoms with Gasteiger partial charge in [0, 0.05) is 13.1 Å². The zero-order valence-corrected chi connectivity index (χ0v) is 8.41. The molecule has 1 aromatic heterocycles. The molecular weight excluding hydrogens is 164 g/mol. The summed E-state index contributed by atoms with van der Waals surface area (Å²) in [6.07, 6.45) is 1.86. The van der Waals surface area contributed by atoms with Gasteiger partial charge in [-0.2, -0.15) is 0 Å². The van der Waals surface area contributed by atoms with E-state index >= 15 is 0 Å². The van der Waals surface area contributed by atoms with Crippen LogP contribution in [0.3, 0.4) is 0 Å². The van der Waals surface area contributed by atoms with Gasteiger partial charge in [-0.05, 0) is 13.8 Å². The van der Waals surface area contributed by atoms with Crippen molar-refractivity contribution in [2.75, 3.05) is 0 Å². The number of nitrogens with one attached hydrogen (secondary N) is 1. The first kappa shape index (κ1) is 9.92. The van der Waals surface area contributed by atoms with Gasteiger partial charge in [-0.1, -0.05) is 6.08 Å². The van der Waals surface area contributed by atoms with Crippen LogP contribution in [0.5, 0.6) is 0 Å². The Balaban J connectivity index is 2.54. The molecule has 0 saturated heterocycles. The van der Waals surface area contributed by atoms with Crippen LogP contribution in [0.15, 0.2) is 12.7 Å². The fourth-order valence-corrected chi connectivity index (χ4v) is 0.941. The van der Waals surface area contributed by atoms with Crippen molar-refractivity contribution in [1.82, 2.24) is 20.1 Å². The van der Waals surface area contributed by atoms with E-state index in [1.807, 2.05) is 24.6 Å². The summed E-state index contributed by atoms with van der Waals surface area (Å²) in [5.41, 5.74) is 0. The number of aromatic nitrogens is 3. The summed E-state index contributed by atoms with van der Waals surface area (Å²) in [6, 6.07) is 0.303. The molecule has 13 heavy (non-hydrogen) atoms. The molecule has 0 radical (unpaired) electrons. The summed E-state index contributed by atoms with van der Waals surface area (Å²) >= 11 is 0. The highest BCUT2D eigenvalue weighted by molar-refractivity contribution is 4.93. The van der Waals surface area contributed by atoms with Gasteiger partial charge in [0.15, 0.2) is 0 Å². The summed E-state index contributed by atoms with van der Waals surface area (Å²) in [4.78, 5) is 0. The Hall–Kier alpha value is -1.16. The van der Waals surface area contributed by atoms with E-state index in [0.29, 0.717) is 6.04 Å². The molecule has 0 amide bonds. The highest BCUT2D eigenvalue weighted by atomic mass is 15.3. The van der Waals surface area contributed by atoms with Crippen molar-refractivity contribution in [2.45, 2.75) is 26.4 Å². The summed E-state index contributed by atoms with van der Waals surface area (Å²) in [6.45, 7) is 8.41. The van der Waals surface area contributed by atoms with E-state index in [2.05, 4.69) is 29.0 Å². The largest absolute Gasteiger partial charge is 0.317 e. The van der Waals surface area contributed by atoms with E-state index in [9.17, 15) is 0 Å². The highest BCUT2D eigenvalue weighted by Gasteiger charge is 2.04. The predicted octanol–water partition coefficient (Wildman–Crippen LogP) is 0.788. The topological polar surface area (TPSA) is 42.7 Å². The molecule has 0 aliphatic rings. The van der Waals surface area contributed by atoms with Crippen molar-refractivity contribution in [3.05, 3.63) is 24.3 Å². The van der Waals surface area contributed by atoms with Crippen LogP contribution in [-0.2, 0) is 13.6 Å². The van der Waals surface area contributed by atoms with E-state index in [-0.39, 0.29) is 0 Å². The Kier molecular flexibility index (Phi) is 3.19. The minimum absolute atomic E-state index is 0.303. The molecule has 1 rings (SSSR count). The van der Waals surface area contributed by atoms with E-state index in [1.54, 1.807) is 0 Å². The van der Waals surface area contributed by atoms with E-state index in [0.717, 1.165) is 18.2 Å². The van der Waals surface area contributed by atoms with Crippen LogP contribution in [0.4, 0.5) is 0 Å². The molecule has 0 fully saturated rings. The van der Waals surface area contributed by atoms with Gasteiger partial charge in [-0.25, -0.2) is 0 Å². The lowest BCUT2D eigenvalue weighted by Crippen LogP contribution is -2.24. The van der Waals surface area contributed by atoms with E-state index < -0.39 is 0 Å². The molecule has 1 unspecified atom stereocenters. The number of aryl methyl sites for hydroxylation is 1. The van der Waals surface area contributed by atoms with Gasteiger partial charge in [-0.15, -0.1) is 16.8 Å². The van der Waals surface area contributed by atoms with Crippen LogP contribution in [-0.4, -0.2) is 20.8 Å². The molecule has 0 aromatic carbocycles. The summed E-state index contributed by atoms with van der Waals surface area (Å²) in [5.74, 6) is 1.88. The number of hydrogen-bond acceptors (Lipinski definition) is 3. The molecule has 4 heteroatoms. The van der Waals surface area contributed by atoms with Gasteiger partial charge in [0.2, 0.25) is 0 Å². The first-order chi connectivity index (χ1) is 6.15. The quantitative estimate of drug-likeness (QED) is 0.696. The second-order valence-electron chi connectivity index (χ2n) is 3.13. The predicted molar refractivity (Wildman–Crippen MR) is 52.2 cm³/mol. The molecular formula is C9H16N4. The lowest BCUT2D eigenvalue weighted by atomic mass is 10.3. The van der Waals surface area contributed by atoms with Crippen LogP contribution in [0.2, 0.25) is 0 Å². The molecule has 1 atom stereocenters. The van der Waals surface area contributed by atoms with E-state index in [1.165, 1.54) is 0 Å². The van der Waals surface area contributed by atoms with Gasteiger partial charge in [0.1, 0.15) is 11.6 Å². The maximum absolute atomic E-state index is 4.04. The fraction of sp³-hybridized carbons (Fsp3) is 0.556. The van der Waals surface area contributed by atoms with Gasteiger partial charge < -0.3 is 9.88 Å². The number of rotatable bonds is 4. The summed E-state index contributed by atoms with van der Waals surface area (Å²) in [7, 11) is 1.96. The molecule has 72 valence electrons. The Labute approximate surface area is 78.7 Å². The third-order valence-corrected chi connectivity index (χ3v) is 2.12. The molecule has 0 bridgehead atoms. The molecule has 1 N–H and O–H groups in total. The van der Waals surface area contributed by atoms with Crippen molar-refractivity contribution in [3.63, 3.8) is 0 Å². The number of hydrogen-bond donors (Lipinski definition) is 1. The second kappa shape index (κ2) is 4.18. The molecule has 1 aromatic rings. The lowest BCUT2D eigenvalue weighted by molar-refractivity contribution is 0.594. The van der Waals surface area contributed by atoms with Gasteiger partial charge in [0.25, 0.3) is 0 Å². The molecule has 0 aliphatic heterocycles. The maximum Gasteiger partial charge on any atom is 0.146 e. The van der Waals surface area contributed by atoms with Crippen molar-refractivity contribution in [1.29, 1.82) is 0 Å². The van der Waals surface area contributed by atoms with Crippen LogP contribution < -0.4 is 5.32 Å². The zero-order chi connectivity index (χ0) is 9.84. The molecule has 1 heterocycles. The summed E-state index contributed by atoms with van der Waals surface area (Å²) in [5, 5.41) is 11.3. The van der Waals surface area contributed by atoms with Crippen molar-refractivity contribution in [3.8, 4) is 0 Å². The standard InChI is InChI=1S/C9H16N4/c1-5-7(2)10-6-9-12-11-8(3)13(9)4/h5,7,10H,1,6H2,2-4H3. The molecule has 0 aliphatic carbocycles. The SMILES string of the molecule is C=CC(C)NCc1nnc(C)n1C. The minimum atomic E-state index is 0.303. The third-order valence-electron chi connectivity index (χ3n) is 2.12. The monoisotopic (exact) mass is 180 g/mol. The molecule has 0 saturated carbocycles. The van der Waals surface area contributed by atoms with Crippen molar-refractivity contribution >= 4 is 0 Å². The lowest BCUT2D eigenvalue weighted by Gasteiger charge is -2.07. The smallest absolute Gasteiger partial charge is 0.146 e. The Morgan fingerprint density at radius 3 is 2.77 bits per heavy atom. The Bertz CT molecular complexity index is 290. The van der Waals surface area contributed by atoms with Crippen molar-refractivity contribution in [2.24, 2.45) is 7.05 Å². The first-order valence-electron chi connectivity index (χ1n) is 4.36. The Morgan fingerprint density at radius 2 is 2.31 bits per heavy atom. The molecule has 0 spiro atoms. The fourth-order valence-electron chi connectivity index (χ4n) is 0.941. The van der Waals surface area contributed by atoms with Crippen molar-refractivity contribution < 1.29 is 0 Å². The van der Waals surface area contributed by atoms with Gasteiger partial charge >= 0.3 is 0 Å². The van der Waals surface area contributed by atoms with E-state index in [4.69, 9.17) is 0 Å². The average Bonchev–Trinajstić information content (AvgIpc) is 2.44. The minimum Gasteiger partial charge on any atom is -0.317 e. The third kappa shape index (κ3) is 2.39. The van der Waals surface area contributed by atoms with Gasteiger partial charge in [0.05, 0.1) is 6.54 Å². The second-order valence-corrected chi connectivity index (χ2v) is 3.13. The van der Waals surface area contributed by atoms with Crippen LogP contribution in [0, 0.1) is 6.92 Å². The van der Waals surface area contributed by atoms with Crippen LogP contribution in [0.1, 0.15) is 18.6 Å². The van der Waals surface area contributed by atoms with Crippen LogP contribution in [0.25, 0.3) is 0 Å². The van der Waals surface area contributed by atoms with Gasteiger partial charge in [-0.3, -0.25) is 0 Å². The highest BCUT2D eigenvalue weighted by Crippen LogP contribution is 1.97. The average molecular weight is 180 g/mol.